The minimum absolute atomic E-state index is 0.403. The molecule has 1 aromatic heterocycles. The Labute approximate surface area is 145 Å². The maximum absolute atomic E-state index is 10.2. The van der Waals surface area contributed by atoms with Crippen molar-refractivity contribution in [3.8, 4) is 17.2 Å². The number of ether oxygens (including phenoxy) is 2. The maximum atomic E-state index is 10.2. The van der Waals surface area contributed by atoms with Gasteiger partial charge >= 0.3 is 0 Å². The van der Waals surface area contributed by atoms with Crippen molar-refractivity contribution in [3.05, 3.63) is 24.3 Å². The zero-order valence-electron chi connectivity index (χ0n) is 13.6. The van der Waals surface area contributed by atoms with E-state index in [0.717, 1.165) is 44.2 Å². The standard InChI is InChI=1S/C16H21N3O4S/c1-21-14-4-2-12(3-5-14)15-17-18-16(23-15)24-11-13(20)10-19-6-8-22-9-7-19/h2-5,13,20H,6-11H2,1H3/p+1/t13-/m1/s1. The molecule has 0 amide bonds. The van der Waals surface area contributed by atoms with Crippen LogP contribution in [0.2, 0.25) is 0 Å². The lowest BCUT2D eigenvalue weighted by Crippen LogP contribution is -3.15. The molecule has 0 saturated carbocycles. The summed E-state index contributed by atoms with van der Waals surface area (Å²) in [5.41, 5.74) is 0.841. The number of rotatable bonds is 7. The van der Waals surface area contributed by atoms with Gasteiger partial charge in [0.05, 0.1) is 20.3 Å². The molecule has 3 rings (SSSR count). The van der Waals surface area contributed by atoms with Crippen LogP contribution in [0.3, 0.4) is 0 Å². The first-order chi connectivity index (χ1) is 11.7. The molecule has 0 spiro atoms. The average molecular weight is 352 g/mol. The second kappa shape index (κ2) is 8.48. The monoisotopic (exact) mass is 352 g/mol. The molecule has 0 bridgehead atoms. The normalized spacial score (nSPS) is 16.9. The van der Waals surface area contributed by atoms with Gasteiger partial charge < -0.3 is 23.9 Å². The van der Waals surface area contributed by atoms with E-state index in [4.69, 9.17) is 13.9 Å². The Morgan fingerprint density at radius 3 is 2.71 bits per heavy atom. The second-order valence-electron chi connectivity index (χ2n) is 5.63. The van der Waals surface area contributed by atoms with Gasteiger partial charge in [0.25, 0.3) is 5.22 Å². The Hall–Kier alpha value is -1.61. The summed E-state index contributed by atoms with van der Waals surface area (Å²) in [5.74, 6) is 1.78. The molecule has 0 aliphatic carbocycles. The molecule has 2 N–H and O–H groups in total. The first kappa shape index (κ1) is 17.2. The van der Waals surface area contributed by atoms with Crippen LogP contribution in [-0.4, -0.2) is 67.1 Å². The Balaban J connectivity index is 1.49. The third-order valence-electron chi connectivity index (χ3n) is 3.87. The van der Waals surface area contributed by atoms with E-state index in [0.29, 0.717) is 16.9 Å². The number of methoxy groups -OCH3 is 1. The predicted octanol–water partition coefficient (Wildman–Crippen LogP) is 0.113. The van der Waals surface area contributed by atoms with Crippen LogP contribution in [-0.2, 0) is 4.74 Å². The molecule has 2 heterocycles. The quantitative estimate of drug-likeness (QED) is 0.685. The number of morpholine rings is 1. The van der Waals surface area contributed by atoms with Crippen molar-refractivity contribution in [2.75, 3.05) is 45.7 Å². The van der Waals surface area contributed by atoms with Crippen molar-refractivity contribution in [2.24, 2.45) is 0 Å². The number of aliphatic hydroxyl groups excluding tert-OH is 1. The number of hydrogen-bond acceptors (Lipinski definition) is 7. The summed E-state index contributed by atoms with van der Waals surface area (Å²) in [4.78, 5) is 1.37. The Morgan fingerprint density at radius 2 is 2.00 bits per heavy atom. The highest BCUT2D eigenvalue weighted by atomic mass is 32.2. The topological polar surface area (TPSA) is 82.1 Å². The molecule has 8 heteroatoms. The summed E-state index contributed by atoms with van der Waals surface area (Å²) in [7, 11) is 1.63. The van der Waals surface area contributed by atoms with Crippen molar-refractivity contribution in [1.82, 2.24) is 10.2 Å². The Bertz CT molecular complexity index is 629. The van der Waals surface area contributed by atoms with Crippen LogP contribution >= 0.6 is 11.8 Å². The molecule has 1 aliphatic heterocycles. The second-order valence-corrected chi connectivity index (χ2v) is 6.60. The van der Waals surface area contributed by atoms with Gasteiger partial charge in [-0.25, -0.2) is 0 Å². The van der Waals surface area contributed by atoms with Gasteiger partial charge in [0, 0.05) is 11.3 Å². The number of aliphatic hydroxyl groups is 1. The van der Waals surface area contributed by atoms with E-state index in [9.17, 15) is 5.11 Å². The van der Waals surface area contributed by atoms with Gasteiger partial charge in [-0.2, -0.15) is 0 Å². The first-order valence-electron chi connectivity index (χ1n) is 7.94. The van der Waals surface area contributed by atoms with Crippen molar-refractivity contribution >= 4 is 11.8 Å². The Morgan fingerprint density at radius 1 is 1.25 bits per heavy atom. The average Bonchev–Trinajstić information content (AvgIpc) is 3.10. The zero-order chi connectivity index (χ0) is 16.8. The van der Waals surface area contributed by atoms with E-state index >= 15 is 0 Å². The lowest BCUT2D eigenvalue weighted by molar-refractivity contribution is -0.910. The maximum Gasteiger partial charge on any atom is 0.276 e. The molecule has 0 unspecified atom stereocenters. The highest BCUT2D eigenvalue weighted by Gasteiger charge is 2.19. The molecule has 1 fully saturated rings. The number of benzene rings is 1. The predicted molar refractivity (Wildman–Crippen MR) is 89.4 cm³/mol. The first-order valence-corrected chi connectivity index (χ1v) is 8.93. The molecule has 7 nitrogen and oxygen atoms in total. The molecule has 1 aromatic carbocycles. The molecular weight excluding hydrogens is 330 g/mol. The van der Waals surface area contributed by atoms with Gasteiger partial charge in [-0.1, -0.05) is 11.8 Å². The molecule has 1 aliphatic rings. The van der Waals surface area contributed by atoms with Gasteiger partial charge in [0.2, 0.25) is 5.89 Å². The smallest absolute Gasteiger partial charge is 0.276 e. The van der Waals surface area contributed by atoms with E-state index in [2.05, 4.69) is 10.2 Å². The van der Waals surface area contributed by atoms with Gasteiger partial charge in [-0.05, 0) is 24.3 Å². The minimum Gasteiger partial charge on any atom is -0.497 e. The molecule has 130 valence electrons. The van der Waals surface area contributed by atoms with E-state index in [1.54, 1.807) is 7.11 Å². The molecule has 1 atom stereocenters. The van der Waals surface area contributed by atoms with Crippen molar-refractivity contribution < 1.29 is 23.9 Å². The lowest BCUT2D eigenvalue weighted by Gasteiger charge is -2.25. The number of quaternary nitrogens is 1. The van der Waals surface area contributed by atoms with E-state index < -0.39 is 6.10 Å². The van der Waals surface area contributed by atoms with Crippen LogP contribution in [0.1, 0.15) is 0 Å². The summed E-state index contributed by atoms with van der Waals surface area (Å²) < 4.78 is 16.1. The fourth-order valence-electron chi connectivity index (χ4n) is 2.54. The number of thioether (sulfide) groups is 1. The zero-order valence-corrected chi connectivity index (χ0v) is 14.4. The third-order valence-corrected chi connectivity index (χ3v) is 4.83. The lowest BCUT2D eigenvalue weighted by atomic mass is 10.2. The fourth-order valence-corrected chi connectivity index (χ4v) is 3.23. The summed E-state index contributed by atoms with van der Waals surface area (Å²) in [6.45, 7) is 4.15. The number of nitrogens with zero attached hydrogens (tertiary/aromatic N) is 2. The van der Waals surface area contributed by atoms with E-state index in [1.807, 2.05) is 24.3 Å². The van der Waals surface area contributed by atoms with Crippen LogP contribution in [0.15, 0.2) is 33.9 Å². The van der Waals surface area contributed by atoms with Crippen LogP contribution in [0.25, 0.3) is 11.5 Å². The highest BCUT2D eigenvalue weighted by molar-refractivity contribution is 7.99. The number of aromatic nitrogens is 2. The van der Waals surface area contributed by atoms with E-state index in [1.165, 1.54) is 16.7 Å². The van der Waals surface area contributed by atoms with Gasteiger partial charge in [-0.15, -0.1) is 10.2 Å². The Kier molecular flexibility index (Phi) is 6.08. The van der Waals surface area contributed by atoms with Crippen molar-refractivity contribution in [1.29, 1.82) is 0 Å². The largest absolute Gasteiger partial charge is 0.497 e. The van der Waals surface area contributed by atoms with Crippen LogP contribution in [0, 0.1) is 0 Å². The van der Waals surface area contributed by atoms with Gasteiger partial charge in [0.15, 0.2) is 0 Å². The van der Waals surface area contributed by atoms with Crippen molar-refractivity contribution in [3.63, 3.8) is 0 Å². The van der Waals surface area contributed by atoms with Crippen LogP contribution in [0.5, 0.6) is 5.75 Å². The molecule has 0 radical (unpaired) electrons. The van der Waals surface area contributed by atoms with Crippen molar-refractivity contribution in [2.45, 2.75) is 11.3 Å². The minimum atomic E-state index is -0.403. The molecule has 1 saturated heterocycles. The summed E-state index contributed by atoms with van der Waals surface area (Å²) >= 11 is 1.38. The SMILES string of the molecule is COc1ccc(-c2nnc(SC[C@H](O)C[NH+]3CCOCC3)o2)cc1. The third kappa shape index (κ3) is 4.70. The summed E-state index contributed by atoms with van der Waals surface area (Å²) in [6.07, 6.45) is -0.403. The molecule has 2 aromatic rings. The number of nitrogens with one attached hydrogen (secondary N) is 1. The van der Waals surface area contributed by atoms with E-state index in [-0.39, 0.29) is 0 Å². The molecular formula is C16H22N3O4S+. The summed E-state index contributed by atoms with van der Waals surface area (Å²) in [5, 5.41) is 18.7. The van der Waals surface area contributed by atoms with Gasteiger partial charge in [0.1, 0.15) is 31.5 Å². The molecule has 24 heavy (non-hydrogen) atoms. The van der Waals surface area contributed by atoms with Crippen LogP contribution in [0.4, 0.5) is 0 Å². The summed E-state index contributed by atoms with van der Waals surface area (Å²) in [6, 6.07) is 7.44. The highest BCUT2D eigenvalue weighted by Crippen LogP contribution is 2.25. The number of hydrogen-bond donors (Lipinski definition) is 2. The van der Waals surface area contributed by atoms with Gasteiger partial charge in [-0.3, -0.25) is 0 Å². The van der Waals surface area contributed by atoms with Crippen LogP contribution < -0.4 is 9.64 Å². The fraction of sp³-hybridized carbons (Fsp3) is 0.500.